The highest BCUT2D eigenvalue weighted by Gasteiger charge is 2.34. The lowest BCUT2D eigenvalue weighted by Gasteiger charge is -2.46. The van der Waals surface area contributed by atoms with E-state index in [2.05, 4.69) is 31.5 Å². The Morgan fingerprint density at radius 1 is 0.719 bits per heavy atom. The van der Waals surface area contributed by atoms with Crippen LogP contribution >= 0.6 is 10.3 Å². The molecule has 4 heterocycles. The van der Waals surface area contributed by atoms with Gasteiger partial charge in [0, 0.05) is 74.4 Å². The van der Waals surface area contributed by atoms with Gasteiger partial charge in [0.05, 0.1) is 29.3 Å². The van der Waals surface area contributed by atoms with Gasteiger partial charge in [-0.25, -0.2) is 8.42 Å². The first-order chi connectivity index (χ1) is 27.6. The standard InChI is InChI=1S/C45H71N5O5S2/c1-4-5-6-7-8-9-10-11-12-13-34-55-39-14-16-40(17-15-39)57(53,54)44-36-46-43-19-18-41(56(2,3)52)35-42(43)45(44)50-26-22-37(23-27-50)48-24-20-38(21-25-48)49-30-28-47(29-31-49)32-33-51/h14-19,35-38,51-52H,4-13,20-34H2,1-3H3. The highest BCUT2D eigenvalue weighted by Crippen LogP contribution is 2.47. The van der Waals surface area contributed by atoms with Crippen LogP contribution in [0.4, 0.5) is 5.69 Å². The minimum absolute atomic E-state index is 0.218. The number of aromatic nitrogens is 1. The Morgan fingerprint density at radius 2 is 1.28 bits per heavy atom. The normalized spacial score (nSPS) is 19.1. The number of unbranched alkanes of at least 4 members (excludes halogenated alkanes) is 9. The molecule has 3 fully saturated rings. The van der Waals surface area contributed by atoms with Gasteiger partial charge in [-0.3, -0.25) is 14.8 Å². The van der Waals surface area contributed by atoms with Crippen molar-refractivity contribution in [2.24, 2.45) is 0 Å². The number of aliphatic hydroxyl groups excluding tert-OH is 1. The van der Waals surface area contributed by atoms with E-state index in [1.807, 2.05) is 30.7 Å². The quantitative estimate of drug-likeness (QED) is 0.108. The molecule has 0 amide bonds. The molecule has 3 saturated heterocycles. The molecule has 0 atom stereocenters. The van der Waals surface area contributed by atoms with Gasteiger partial charge in [-0.2, -0.15) is 0 Å². The van der Waals surface area contributed by atoms with Crippen LogP contribution in [0.2, 0.25) is 0 Å². The van der Waals surface area contributed by atoms with Gasteiger partial charge in [-0.1, -0.05) is 64.7 Å². The van der Waals surface area contributed by atoms with Crippen LogP contribution in [-0.4, -0.2) is 134 Å². The van der Waals surface area contributed by atoms with Gasteiger partial charge in [0.25, 0.3) is 0 Å². The van der Waals surface area contributed by atoms with Crippen LogP contribution < -0.4 is 9.64 Å². The molecule has 318 valence electrons. The minimum atomic E-state index is -3.92. The third kappa shape index (κ3) is 11.9. The number of β-amino-alcohol motifs (C(OH)–C–C–N with tert-alkyl or cyclic N) is 1. The third-order valence-electron chi connectivity index (χ3n) is 12.7. The van der Waals surface area contributed by atoms with Crippen molar-refractivity contribution < 1.29 is 22.8 Å². The number of fused-ring (bicyclic) bond motifs is 1. The number of hydrogen-bond acceptors (Lipinski definition) is 10. The van der Waals surface area contributed by atoms with Crippen LogP contribution in [0.15, 0.2) is 63.3 Å². The van der Waals surface area contributed by atoms with E-state index in [-0.39, 0.29) is 16.4 Å². The Hall–Kier alpha value is -2.45. The van der Waals surface area contributed by atoms with Crippen LogP contribution in [0.3, 0.4) is 0 Å². The van der Waals surface area contributed by atoms with Crippen molar-refractivity contribution in [1.82, 2.24) is 19.7 Å². The molecule has 57 heavy (non-hydrogen) atoms. The smallest absolute Gasteiger partial charge is 0.210 e. The van der Waals surface area contributed by atoms with Crippen LogP contribution in [-0.2, 0) is 9.84 Å². The van der Waals surface area contributed by atoms with Crippen molar-refractivity contribution in [3.05, 3.63) is 48.7 Å². The molecule has 0 saturated carbocycles. The van der Waals surface area contributed by atoms with Gasteiger partial charge in [0.1, 0.15) is 10.6 Å². The Bertz CT molecular complexity index is 1780. The predicted octanol–water partition coefficient (Wildman–Crippen LogP) is 8.31. The second-order valence-electron chi connectivity index (χ2n) is 17.0. The number of rotatable bonds is 20. The first-order valence-electron chi connectivity index (χ1n) is 22.0. The lowest BCUT2D eigenvalue weighted by molar-refractivity contribution is 0.0396. The van der Waals surface area contributed by atoms with E-state index in [0.29, 0.717) is 30.1 Å². The number of piperazine rings is 1. The van der Waals surface area contributed by atoms with Crippen molar-refractivity contribution in [1.29, 1.82) is 0 Å². The Morgan fingerprint density at radius 3 is 1.88 bits per heavy atom. The summed E-state index contributed by atoms with van der Waals surface area (Å²) in [5.41, 5.74) is 1.43. The van der Waals surface area contributed by atoms with Crippen LogP contribution in [0.1, 0.15) is 96.8 Å². The van der Waals surface area contributed by atoms with E-state index in [0.717, 1.165) is 100 Å². The highest BCUT2D eigenvalue weighted by atomic mass is 32.3. The molecule has 2 N–H and O–H groups in total. The van der Waals surface area contributed by atoms with Gasteiger partial charge in [0.2, 0.25) is 9.84 Å². The highest BCUT2D eigenvalue weighted by molar-refractivity contribution is 8.28. The summed E-state index contributed by atoms with van der Waals surface area (Å²) in [7, 11) is -5.97. The van der Waals surface area contributed by atoms with Crippen molar-refractivity contribution in [3.63, 3.8) is 0 Å². The number of nitrogens with zero attached hydrogens (tertiary/aromatic N) is 5. The Balaban J connectivity index is 1.09. The van der Waals surface area contributed by atoms with E-state index < -0.39 is 20.1 Å². The zero-order chi connectivity index (χ0) is 40.3. The number of benzene rings is 2. The molecular formula is C45H71N5O5S2. The molecule has 3 aliphatic heterocycles. The van der Waals surface area contributed by atoms with E-state index in [1.54, 1.807) is 30.5 Å². The van der Waals surface area contributed by atoms with E-state index >= 15 is 0 Å². The summed E-state index contributed by atoms with van der Waals surface area (Å²) in [6.45, 7) is 11.9. The largest absolute Gasteiger partial charge is 0.494 e. The summed E-state index contributed by atoms with van der Waals surface area (Å²) in [5.74, 6) is 0.686. The molecule has 10 nitrogen and oxygen atoms in total. The van der Waals surface area contributed by atoms with Crippen LogP contribution in [0, 0.1) is 0 Å². The fourth-order valence-electron chi connectivity index (χ4n) is 9.16. The summed E-state index contributed by atoms with van der Waals surface area (Å²) >= 11 is 0. The van der Waals surface area contributed by atoms with Gasteiger partial charge in [-0.15, -0.1) is 10.3 Å². The summed E-state index contributed by atoms with van der Waals surface area (Å²) < 4.78 is 46.2. The number of pyridine rings is 1. The SMILES string of the molecule is CCCCCCCCCCCCOc1ccc(S(=O)(=O)c2cnc3ccc(S(C)(C)O)cc3c2N2CCC(N3CCC(N4CCN(CCO)CC4)CC3)CC2)cc1. The molecule has 0 aliphatic carbocycles. The molecule has 2 aromatic carbocycles. The third-order valence-corrected chi connectivity index (χ3v) is 15.9. The number of hydrogen-bond donors (Lipinski definition) is 2. The zero-order valence-corrected chi connectivity index (χ0v) is 36.8. The van der Waals surface area contributed by atoms with Gasteiger partial charge in [-0.05, 0) is 100 Å². The fraction of sp³-hybridized carbons (Fsp3) is 0.667. The van der Waals surface area contributed by atoms with Crippen molar-refractivity contribution >= 4 is 36.7 Å². The fourth-order valence-corrected chi connectivity index (χ4v) is 11.4. The summed E-state index contributed by atoms with van der Waals surface area (Å²) in [4.78, 5) is 15.9. The van der Waals surface area contributed by atoms with E-state index in [9.17, 15) is 18.1 Å². The Kier molecular flexibility index (Phi) is 16.4. The first kappa shape index (κ1) is 44.1. The second kappa shape index (κ2) is 21.2. The molecule has 0 bridgehead atoms. The van der Waals surface area contributed by atoms with Gasteiger partial charge in [0.15, 0.2) is 0 Å². The van der Waals surface area contributed by atoms with E-state index in [4.69, 9.17) is 4.74 Å². The summed E-state index contributed by atoms with van der Waals surface area (Å²) in [6, 6.07) is 13.8. The average Bonchev–Trinajstić information content (AvgIpc) is 3.22. The molecule has 3 aliphatic rings. The molecule has 0 unspecified atom stereocenters. The average molecular weight is 826 g/mol. The van der Waals surface area contributed by atoms with Crippen molar-refractivity contribution in [3.8, 4) is 5.75 Å². The molecule has 0 radical (unpaired) electrons. The molecule has 3 aromatic rings. The molecule has 1 aromatic heterocycles. The van der Waals surface area contributed by atoms with E-state index in [1.165, 1.54) is 64.2 Å². The van der Waals surface area contributed by atoms with Crippen LogP contribution in [0.25, 0.3) is 10.9 Å². The first-order valence-corrected chi connectivity index (χ1v) is 25.9. The molecule has 12 heteroatoms. The lowest BCUT2D eigenvalue weighted by atomic mass is 9.96. The number of sulfone groups is 1. The number of piperidine rings is 2. The number of anilines is 1. The topological polar surface area (TPSA) is 110 Å². The van der Waals surface area contributed by atoms with Crippen molar-refractivity contribution in [2.45, 2.75) is 124 Å². The monoisotopic (exact) mass is 825 g/mol. The zero-order valence-electron chi connectivity index (χ0n) is 35.1. The maximum Gasteiger partial charge on any atom is 0.210 e. The molecular weight excluding hydrogens is 755 g/mol. The predicted molar refractivity (Wildman–Crippen MR) is 236 cm³/mol. The Labute approximate surface area is 345 Å². The minimum Gasteiger partial charge on any atom is -0.494 e. The van der Waals surface area contributed by atoms with Gasteiger partial charge < -0.3 is 24.2 Å². The molecule has 6 rings (SSSR count). The number of ether oxygens (including phenoxy) is 1. The lowest BCUT2D eigenvalue weighted by Crippen LogP contribution is -2.55. The number of likely N-dealkylation sites (tertiary alicyclic amines) is 1. The summed E-state index contributed by atoms with van der Waals surface area (Å²) in [5, 5.41) is 10.1. The number of aliphatic hydroxyl groups is 1. The second-order valence-corrected chi connectivity index (χ2v) is 22.0. The molecule has 0 spiro atoms. The maximum absolute atomic E-state index is 14.5. The van der Waals surface area contributed by atoms with Crippen molar-refractivity contribution in [2.75, 3.05) is 89.5 Å². The van der Waals surface area contributed by atoms with Gasteiger partial charge >= 0.3 is 0 Å². The summed E-state index contributed by atoms with van der Waals surface area (Å²) in [6.07, 6.45) is 22.2. The maximum atomic E-state index is 14.5. The van der Waals surface area contributed by atoms with Crippen LogP contribution in [0.5, 0.6) is 5.75 Å².